The van der Waals surface area contributed by atoms with Gasteiger partial charge >= 0.3 is 12.1 Å². The summed E-state index contributed by atoms with van der Waals surface area (Å²) in [7, 11) is 0. The van der Waals surface area contributed by atoms with Gasteiger partial charge in [-0.05, 0) is 56.4 Å². The van der Waals surface area contributed by atoms with Crippen molar-refractivity contribution in [3.05, 3.63) is 70.0 Å². The summed E-state index contributed by atoms with van der Waals surface area (Å²) in [4.78, 5) is 24.9. The monoisotopic (exact) mass is 529 g/mol. The van der Waals surface area contributed by atoms with Crippen LogP contribution in [0.15, 0.2) is 42.5 Å². The zero-order valence-electron chi connectivity index (χ0n) is 20.0. The molecule has 0 spiro atoms. The first-order valence-corrected chi connectivity index (χ1v) is 12.1. The minimum atomic E-state index is -4.57. The van der Waals surface area contributed by atoms with Crippen LogP contribution in [-0.4, -0.2) is 36.6 Å². The maximum atomic E-state index is 13.3. The van der Waals surface area contributed by atoms with Gasteiger partial charge in [0, 0.05) is 18.2 Å². The molecule has 0 aliphatic heterocycles. The summed E-state index contributed by atoms with van der Waals surface area (Å²) >= 11 is 6.00. The minimum Gasteiger partial charge on any atom is -0.475 e. The topological polar surface area (TPSA) is 92.9 Å². The summed E-state index contributed by atoms with van der Waals surface area (Å²) in [6.07, 6.45) is -2.45. The average molecular weight is 530 g/mol. The number of nitrogens with one attached hydrogen (secondary N) is 1. The van der Waals surface area contributed by atoms with Gasteiger partial charge in [0.25, 0.3) is 0 Å². The van der Waals surface area contributed by atoms with Crippen molar-refractivity contribution in [2.75, 3.05) is 5.32 Å². The summed E-state index contributed by atoms with van der Waals surface area (Å²) in [5, 5.41) is 12.5. The Morgan fingerprint density at radius 3 is 2.57 bits per heavy atom. The average Bonchev–Trinajstić information content (AvgIpc) is 3.60. The summed E-state index contributed by atoms with van der Waals surface area (Å²) in [6.45, 7) is 4.04. The molecule has 1 saturated carbocycles. The summed E-state index contributed by atoms with van der Waals surface area (Å²) in [5.41, 5.74) is 1.95. The van der Waals surface area contributed by atoms with E-state index in [1.54, 1.807) is 4.57 Å². The Kier molecular flexibility index (Phi) is 6.31. The van der Waals surface area contributed by atoms with Gasteiger partial charge in [-0.2, -0.15) is 13.2 Å². The Morgan fingerprint density at radius 1 is 1.19 bits per heavy atom. The van der Waals surface area contributed by atoms with Gasteiger partial charge in [-0.1, -0.05) is 41.4 Å². The van der Waals surface area contributed by atoms with E-state index in [9.17, 15) is 23.1 Å². The highest BCUT2D eigenvalue weighted by Crippen LogP contribution is 2.37. The molecule has 1 aliphatic carbocycles. The van der Waals surface area contributed by atoms with E-state index in [0.29, 0.717) is 28.6 Å². The van der Waals surface area contributed by atoms with Crippen molar-refractivity contribution in [3.63, 3.8) is 0 Å². The second kappa shape index (κ2) is 9.33. The highest BCUT2D eigenvalue weighted by atomic mass is 35.5. The molecule has 1 atom stereocenters. The number of rotatable bonds is 7. The number of aryl methyl sites for hydroxylation is 1. The van der Waals surface area contributed by atoms with Crippen LogP contribution in [0.1, 0.15) is 47.1 Å². The second-order valence-corrected chi connectivity index (χ2v) is 9.75. The van der Waals surface area contributed by atoms with E-state index < -0.39 is 28.6 Å². The third-order valence-electron chi connectivity index (χ3n) is 6.44. The zero-order valence-corrected chi connectivity index (χ0v) is 20.7. The smallest absolute Gasteiger partial charge is 0.417 e. The number of halogens is 4. The Hall–Kier alpha value is -3.66. The van der Waals surface area contributed by atoms with E-state index in [1.165, 1.54) is 12.1 Å². The van der Waals surface area contributed by atoms with E-state index in [2.05, 4.69) is 20.3 Å². The number of benzene rings is 2. The largest absolute Gasteiger partial charge is 0.475 e. The number of carbonyl (C=O) groups is 1. The van der Waals surface area contributed by atoms with Crippen LogP contribution >= 0.6 is 11.6 Å². The molecule has 2 N–H and O–H groups in total. The number of aromatic carboxylic acids is 1. The number of fused-ring (bicyclic) bond motifs is 1. The molecule has 1 fully saturated rings. The molecule has 4 aromatic rings. The van der Waals surface area contributed by atoms with Gasteiger partial charge in [0.15, 0.2) is 11.5 Å². The highest BCUT2D eigenvalue weighted by Gasteiger charge is 2.33. The molecule has 5 rings (SSSR count). The number of carboxylic acid groups (broad SMARTS) is 1. The number of aromatic nitrogens is 4. The fourth-order valence-corrected chi connectivity index (χ4v) is 4.70. The van der Waals surface area contributed by atoms with E-state index in [0.717, 1.165) is 30.0 Å². The molecule has 1 aliphatic rings. The molecule has 0 radical (unpaired) electrons. The lowest BCUT2D eigenvalue weighted by Crippen LogP contribution is -2.20. The van der Waals surface area contributed by atoms with Crippen LogP contribution in [0.4, 0.5) is 19.0 Å². The minimum absolute atomic E-state index is 0.0334. The van der Waals surface area contributed by atoms with Gasteiger partial charge < -0.3 is 15.0 Å². The first-order valence-electron chi connectivity index (χ1n) is 11.7. The van der Waals surface area contributed by atoms with Gasteiger partial charge in [0.2, 0.25) is 5.82 Å². The predicted molar refractivity (Wildman–Crippen MR) is 134 cm³/mol. The lowest BCUT2D eigenvalue weighted by molar-refractivity contribution is -0.137. The lowest BCUT2D eigenvalue weighted by Gasteiger charge is -2.17. The van der Waals surface area contributed by atoms with E-state index in [-0.39, 0.29) is 18.2 Å². The maximum Gasteiger partial charge on any atom is 0.417 e. The highest BCUT2D eigenvalue weighted by molar-refractivity contribution is 6.31. The molecular formula is C26H23ClF3N5O2. The van der Waals surface area contributed by atoms with Crippen LogP contribution in [0.5, 0.6) is 0 Å². The number of anilines is 1. The lowest BCUT2D eigenvalue weighted by atomic mass is 10.1. The summed E-state index contributed by atoms with van der Waals surface area (Å²) in [5.74, 6) is -0.444. The van der Waals surface area contributed by atoms with Gasteiger partial charge in [-0.15, -0.1) is 0 Å². The fraction of sp³-hybridized carbons (Fsp3) is 0.308. The van der Waals surface area contributed by atoms with Crippen LogP contribution in [0.3, 0.4) is 0 Å². The quantitative estimate of drug-likeness (QED) is 0.286. The molecule has 11 heteroatoms. The predicted octanol–water partition coefficient (Wildman–Crippen LogP) is 6.43. The van der Waals surface area contributed by atoms with Crippen molar-refractivity contribution in [2.45, 2.75) is 45.5 Å². The van der Waals surface area contributed by atoms with Crippen molar-refractivity contribution in [1.82, 2.24) is 19.5 Å². The first kappa shape index (κ1) is 25.0. The van der Waals surface area contributed by atoms with E-state index in [1.807, 2.05) is 38.1 Å². The molecule has 192 valence electrons. The van der Waals surface area contributed by atoms with Crippen LogP contribution in [0, 0.1) is 12.8 Å². The Bertz CT molecular complexity index is 1510. The first-order chi connectivity index (χ1) is 17.5. The number of imidazole rings is 1. The van der Waals surface area contributed by atoms with Crippen molar-refractivity contribution >= 4 is 34.6 Å². The van der Waals surface area contributed by atoms with Crippen molar-refractivity contribution in [3.8, 4) is 11.4 Å². The van der Waals surface area contributed by atoms with Crippen LogP contribution < -0.4 is 5.32 Å². The molecule has 0 saturated heterocycles. The van der Waals surface area contributed by atoms with Crippen molar-refractivity contribution in [1.29, 1.82) is 0 Å². The third kappa shape index (κ3) is 5.11. The van der Waals surface area contributed by atoms with E-state index >= 15 is 0 Å². The molecule has 0 bridgehead atoms. The Balaban J connectivity index is 1.71. The number of hydrogen-bond donors (Lipinski definition) is 2. The molecule has 2 aromatic heterocycles. The second-order valence-electron chi connectivity index (χ2n) is 9.35. The van der Waals surface area contributed by atoms with Gasteiger partial charge in [-0.3, -0.25) is 0 Å². The molecule has 7 nitrogen and oxygen atoms in total. The summed E-state index contributed by atoms with van der Waals surface area (Å²) in [6, 6.07) is 11.2. The maximum absolute atomic E-state index is 13.3. The number of hydrogen-bond acceptors (Lipinski definition) is 5. The number of carboxylic acids is 1. The molecule has 2 heterocycles. The van der Waals surface area contributed by atoms with Crippen molar-refractivity contribution in [2.24, 2.45) is 5.92 Å². The van der Waals surface area contributed by atoms with E-state index in [4.69, 9.17) is 11.6 Å². The van der Waals surface area contributed by atoms with Crippen LogP contribution in [-0.2, 0) is 12.7 Å². The van der Waals surface area contributed by atoms with Crippen molar-refractivity contribution < 1.29 is 23.1 Å². The molecule has 2 aromatic carbocycles. The molecular weight excluding hydrogens is 507 g/mol. The third-order valence-corrected chi connectivity index (χ3v) is 6.76. The Morgan fingerprint density at radius 2 is 1.95 bits per heavy atom. The molecule has 37 heavy (non-hydrogen) atoms. The SMILES string of the molecule is Cc1cccc(-c2nc3nc(C(=O)O)nc(N[C@H](C)C4CC4)c3n2Cc2ccc(C(F)(F)F)c(Cl)c2)c1. The molecule has 0 amide bonds. The normalized spacial score (nSPS) is 14.6. The number of nitrogens with zero attached hydrogens (tertiary/aromatic N) is 4. The van der Waals surface area contributed by atoms with Crippen LogP contribution in [0.2, 0.25) is 5.02 Å². The standard InChI is InChI=1S/C26H23ClF3N5O2/c1-13-4-3-5-17(10-13)24-34-22-20(21(31-14(2)16-7-8-16)32-23(33-22)25(36)37)35(24)12-15-6-9-18(19(27)11-15)26(28,29)30/h3-6,9-11,14,16H,7-8,12H2,1-2H3,(H,36,37)(H,31,32,33)/t14-/m1/s1. The van der Waals surface area contributed by atoms with Crippen LogP contribution in [0.25, 0.3) is 22.6 Å². The number of alkyl halides is 3. The Labute approximate surface area is 215 Å². The van der Waals surface area contributed by atoms with Gasteiger partial charge in [-0.25, -0.2) is 19.7 Å². The van der Waals surface area contributed by atoms with Gasteiger partial charge in [0.1, 0.15) is 11.3 Å². The fourth-order valence-electron chi connectivity index (χ4n) is 4.39. The molecule has 0 unspecified atom stereocenters. The summed E-state index contributed by atoms with van der Waals surface area (Å²) < 4.78 is 41.6. The zero-order chi connectivity index (χ0) is 26.5. The van der Waals surface area contributed by atoms with Gasteiger partial charge in [0.05, 0.1) is 10.6 Å².